The number of benzene rings is 1. The van der Waals surface area contributed by atoms with Gasteiger partial charge in [0.15, 0.2) is 0 Å². The summed E-state index contributed by atoms with van der Waals surface area (Å²) in [5, 5.41) is 7.59. The van der Waals surface area contributed by atoms with Crippen LogP contribution in [0, 0.1) is 0 Å². The van der Waals surface area contributed by atoms with Crippen molar-refractivity contribution < 1.29 is 13.5 Å². The molecule has 0 bridgehead atoms. The number of ether oxygens (including phenoxy) is 1. The van der Waals surface area contributed by atoms with E-state index in [9.17, 15) is 8.78 Å². The molecule has 0 radical (unpaired) electrons. The molecule has 0 saturated carbocycles. The molecule has 7 heteroatoms. The molecule has 0 amide bonds. The zero-order valence-electron chi connectivity index (χ0n) is 9.51. The van der Waals surface area contributed by atoms with Crippen LogP contribution in [-0.2, 0) is 0 Å². The van der Waals surface area contributed by atoms with E-state index in [2.05, 4.69) is 19.6 Å². The van der Waals surface area contributed by atoms with E-state index in [0.717, 1.165) is 5.00 Å². The first-order valence-corrected chi connectivity index (χ1v) is 6.02. The highest BCUT2D eigenvalue weighted by molar-refractivity contribution is 7.09. The monoisotopic (exact) mass is 271 g/mol. The fraction of sp³-hybridized carbons (Fsp3) is 0.273. The van der Waals surface area contributed by atoms with Crippen LogP contribution in [0.3, 0.4) is 0 Å². The summed E-state index contributed by atoms with van der Waals surface area (Å²) in [6.07, 6.45) is 1.58. The van der Waals surface area contributed by atoms with Crippen LogP contribution < -0.4 is 10.1 Å². The largest absolute Gasteiger partial charge is 0.434 e. The SMILES string of the molecule is CC(Nc1cnns1)c1ccccc1OC(F)F. The van der Waals surface area contributed by atoms with Gasteiger partial charge in [-0.2, -0.15) is 8.78 Å². The van der Waals surface area contributed by atoms with Crippen LogP contribution in [-0.4, -0.2) is 16.2 Å². The molecule has 2 aromatic rings. The molecule has 0 aliphatic carbocycles. The third-order valence-electron chi connectivity index (χ3n) is 2.32. The van der Waals surface area contributed by atoms with Crippen LogP contribution in [0.2, 0.25) is 0 Å². The topological polar surface area (TPSA) is 47.0 Å². The number of halogens is 2. The normalized spacial score (nSPS) is 12.4. The van der Waals surface area contributed by atoms with E-state index in [1.165, 1.54) is 17.6 Å². The molecule has 1 aromatic carbocycles. The third kappa shape index (κ3) is 3.13. The van der Waals surface area contributed by atoms with Crippen LogP contribution in [0.25, 0.3) is 0 Å². The quantitative estimate of drug-likeness (QED) is 0.906. The molecule has 4 nitrogen and oxygen atoms in total. The van der Waals surface area contributed by atoms with Crippen molar-refractivity contribution in [2.24, 2.45) is 0 Å². The van der Waals surface area contributed by atoms with Crippen LogP contribution in [0.4, 0.5) is 13.8 Å². The standard InChI is InChI=1S/C11H11F2N3OS/c1-7(15-10-6-14-16-18-10)8-4-2-3-5-9(8)17-11(12)13/h2-7,11,15H,1H3. The number of hydrogen-bond acceptors (Lipinski definition) is 5. The highest BCUT2D eigenvalue weighted by Crippen LogP contribution is 2.29. The highest BCUT2D eigenvalue weighted by atomic mass is 32.1. The van der Waals surface area contributed by atoms with E-state index in [4.69, 9.17) is 0 Å². The molecule has 0 fully saturated rings. The predicted octanol–water partition coefficient (Wildman–Crippen LogP) is 3.31. The van der Waals surface area contributed by atoms with Gasteiger partial charge in [-0.25, -0.2) is 0 Å². The van der Waals surface area contributed by atoms with Crippen molar-refractivity contribution in [1.82, 2.24) is 9.59 Å². The lowest BCUT2D eigenvalue weighted by Crippen LogP contribution is -2.10. The van der Waals surface area contributed by atoms with Gasteiger partial charge in [-0.3, -0.25) is 0 Å². The van der Waals surface area contributed by atoms with Gasteiger partial charge in [0.2, 0.25) is 0 Å². The van der Waals surface area contributed by atoms with Gasteiger partial charge in [0.1, 0.15) is 10.8 Å². The van der Waals surface area contributed by atoms with Gasteiger partial charge in [0.25, 0.3) is 0 Å². The van der Waals surface area contributed by atoms with E-state index in [0.29, 0.717) is 5.56 Å². The van der Waals surface area contributed by atoms with Crippen molar-refractivity contribution in [2.45, 2.75) is 19.6 Å². The van der Waals surface area contributed by atoms with E-state index >= 15 is 0 Å². The maximum atomic E-state index is 12.3. The van der Waals surface area contributed by atoms with Crippen molar-refractivity contribution in [3.05, 3.63) is 36.0 Å². The molecule has 18 heavy (non-hydrogen) atoms. The summed E-state index contributed by atoms with van der Waals surface area (Å²) in [7, 11) is 0. The van der Waals surface area contributed by atoms with E-state index in [1.807, 2.05) is 6.92 Å². The molecular formula is C11H11F2N3OS. The van der Waals surface area contributed by atoms with Crippen molar-refractivity contribution in [1.29, 1.82) is 0 Å². The van der Waals surface area contributed by atoms with Crippen molar-refractivity contribution in [3.8, 4) is 5.75 Å². The van der Waals surface area contributed by atoms with Crippen molar-refractivity contribution in [3.63, 3.8) is 0 Å². The molecule has 0 spiro atoms. The molecule has 0 aliphatic heterocycles. The predicted molar refractivity (Wildman–Crippen MR) is 65.0 cm³/mol. The number of nitrogens with one attached hydrogen (secondary N) is 1. The molecule has 0 saturated heterocycles. The number of hydrogen-bond donors (Lipinski definition) is 1. The van der Waals surface area contributed by atoms with Crippen LogP contribution in [0.15, 0.2) is 30.5 Å². The van der Waals surface area contributed by atoms with Crippen LogP contribution in [0.5, 0.6) is 5.75 Å². The Morgan fingerprint density at radius 2 is 2.11 bits per heavy atom. The molecular weight excluding hydrogens is 260 g/mol. The average molecular weight is 271 g/mol. The van der Waals surface area contributed by atoms with Crippen molar-refractivity contribution >= 4 is 16.5 Å². The Balaban J connectivity index is 2.16. The summed E-state index contributed by atoms with van der Waals surface area (Å²) >= 11 is 1.20. The molecule has 1 heterocycles. The van der Waals surface area contributed by atoms with E-state index < -0.39 is 6.61 Å². The van der Waals surface area contributed by atoms with Gasteiger partial charge >= 0.3 is 6.61 Å². The minimum Gasteiger partial charge on any atom is -0.434 e. The number of anilines is 1. The molecule has 1 N–H and O–H groups in total. The number of nitrogens with zero attached hydrogens (tertiary/aromatic N) is 2. The molecule has 2 rings (SSSR count). The summed E-state index contributed by atoms with van der Waals surface area (Å²) in [6.45, 7) is -0.976. The number of rotatable bonds is 5. The van der Waals surface area contributed by atoms with Gasteiger partial charge < -0.3 is 10.1 Å². The maximum absolute atomic E-state index is 12.3. The highest BCUT2D eigenvalue weighted by Gasteiger charge is 2.14. The second-order valence-electron chi connectivity index (χ2n) is 3.56. The first-order valence-electron chi connectivity index (χ1n) is 5.24. The number of para-hydroxylation sites is 1. The fourth-order valence-electron chi connectivity index (χ4n) is 1.56. The average Bonchev–Trinajstić information content (AvgIpc) is 2.81. The number of alkyl halides is 2. The van der Waals surface area contributed by atoms with Gasteiger partial charge in [0.05, 0.1) is 12.2 Å². The molecule has 1 unspecified atom stereocenters. The third-order valence-corrected chi connectivity index (χ3v) is 2.92. The zero-order chi connectivity index (χ0) is 13.0. The van der Waals surface area contributed by atoms with Crippen LogP contribution >= 0.6 is 11.5 Å². The summed E-state index contributed by atoms with van der Waals surface area (Å²) in [5.74, 6) is 0.171. The summed E-state index contributed by atoms with van der Waals surface area (Å²) in [6, 6.07) is 6.51. The molecule has 96 valence electrons. The molecule has 0 aliphatic rings. The first-order chi connectivity index (χ1) is 8.66. The lowest BCUT2D eigenvalue weighted by atomic mass is 10.1. The lowest BCUT2D eigenvalue weighted by molar-refractivity contribution is -0.0505. The Hall–Kier alpha value is -1.76. The minimum absolute atomic E-state index is 0.171. The first kappa shape index (κ1) is 12.7. The minimum atomic E-state index is -2.83. The Bertz CT molecular complexity index is 493. The Morgan fingerprint density at radius 1 is 1.33 bits per heavy atom. The number of aromatic nitrogens is 2. The second-order valence-corrected chi connectivity index (χ2v) is 4.35. The lowest BCUT2D eigenvalue weighted by Gasteiger charge is -2.17. The van der Waals surface area contributed by atoms with Gasteiger partial charge in [-0.15, -0.1) is 5.10 Å². The second kappa shape index (κ2) is 5.72. The molecule has 1 atom stereocenters. The summed E-state index contributed by atoms with van der Waals surface area (Å²) in [4.78, 5) is 0. The molecule has 1 aromatic heterocycles. The van der Waals surface area contributed by atoms with E-state index in [-0.39, 0.29) is 11.8 Å². The summed E-state index contributed by atoms with van der Waals surface area (Å²) in [5.41, 5.74) is 0.659. The van der Waals surface area contributed by atoms with Gasteiger partial charge in [-0.05, 0) is 13.0 Å². The van der Waals surface area contributed by atoms with Gasteiger partial charge in [0, 0.05) is 17.1 Å². The zero-order valence-corrected chi connectivity index (χ0v) is 10.3. The Morgan fingerprint density at radius 3 is 2.78 bits per heavy atom. The maximum Gasteiger partial charge on any atom is 0.387 e. The van der Waals surface area contributed by atoms with Gasteiger partial charge in [-0.1, -0.05) is 22.7 Å². The smallest absolute Gasteiger partial charge is 0.387 e. The fourth-order valence-corrected chi connectivity index (χ4v) is 2.07. The Kier molecular flexibility index (Phi) is 4.03. The Labute approximate surface area is 107 Å². The summed E-state index contributed by atoms with van der Waals surface area (Å²) < 4.78 is 32.8. The van der Waals surface area contributed by atoms with Crippen LogP contribution in [0.1, 0.15) is 18.5 Å². The van der Waals surface area contributed by atoms with Crippen molar-refractivity contribution in [2.75, 3.05) is 5.32 Å². The van der Waals surface area contributed by atoms with E-state index in [1.54, 1.807) is 24.4 Å².